The minimum atomic E-state index is -3.04. The normalized spacial score (nSPS) is 24.4. The second-order valence-corrected chi connectivity index (χ2v) is 4.26. The van der Waals surface area contributed by atoms with Gasteiger partial charge in [-0.1, -0.05) is 0 Å². The Morgan fingerprint density at radius 2 is 2.38 bits per heavy atom. The second kappa shape index (κ2) is 6.44. The summed E-state index contributed by atoms with van der Waals surface area (Å²) in [5.74, 6) is -3.04. The van der Waals surface area contributed by atoms with Crippen molar-refractivity contribution >= 4 is 0 Å². The van der Waals surface area contributed by atoms with Crippen molar-refractivity contribution in [2.45, 2.75) is 31.4 Å². The van der Waals surface area contributed by atoms with E-state index in [1.165, 1.54) is 0 Å². The average Bonchev–Trinajstić information content (AvgIpc) is 2.28. The van der Waals surface area contributed by atoms with Gasteiger partial charge in [-0.2, -0.15) is 0 Å². The molecule has 2 atom stereocenters. The van der Waals surface area contributed by atoms with Gasteiger partial charge >= 0.3 is 0 Å². The highest BCUT2D eigenvalue weighted by Crippen LogP contribution is 2.11. The van der Waals surface area contributed by atoms with Crippen LogP contribution in [0.25, 0.3) is 0 Å². The molecule has 1 heterocycles. The third-order valence-corrected chi connectivity index (χ3v) is 2.58. The monoisotopic (exact) mass is 238 g/mol. The molecule has 0 bridgehead atoms. The molecule has 3 N–H and O–H groups in total. The minimum absolute atomic E-state index is 0.0309. The Labute approximate surface area is 94.4 Å². The van der Waals surface area contributed by atoms with Crippen LogP contribution in [0.3, 0.4) is 0 Å². The summed E-state index contributed by atoms with van der Waals surface area (Å²) in [7, 11) is 0. The third kappa shape index (κ3) is 5.16. The fourth-order valence-electron chi connectivity index (χ4n) is 1.66. The van der Waals surface area contributed by atoms with Crippen LogP contribution in [0.2, 0.25) is 0 Å². The number of nitrogens with one attached hydrogen (secondary N) is 2. The van der Waals surface area contributed by atoms with Crippen LogP contribution in [0.1, 0.15) is 13.3 Å². The summed E-state index contributed by atoms with van der Waals surface area (Å²) in [6, 6.07) is 0.190. The zero-order chi connectivity index (χ0) is 12.0. The molecule has 1 aliphatic heterocycles. The van der Waals surface area contributed by atoms with Gasteiger partial charge in [0.25, 0.3) is 5.92 Å². The van der Waals surface area contributed by atoms with Gasteiger partial charge in [0.1, 0.15) is 6.61 Å². The van der Waals surface area contributed by atoms with E-state index in [1.807, 2.05) is 6.92 Å². The molecule has 0 radical (unpaired) electrons. The predicted molar refractivity (Wildman–Crippen MR) is 56.7 cm³/mol. The maximum Gasteiger partial charge on any atom is 0.282 e. The Bertz CT molecular complexity index is 199. The van der Waals surface area contributed by atoms with Crippen LogP contribution >= 0.6 is 0 Å². The first kappa shape index (κ1) is 13.8. The molecule has 0 saturated carbocycles. The third-order valence-electron chi connectivity index (χ3n) is 2.58. The first-order valence-electron chi connectivity index (χ1n) is 5.57. The lowest BCUT2D eigenvalue weighted by molar-refractivity contribution is -0.0495. The summed E-state index contributed by atoms with van der Waals surface area (Å²) in [6.45, 7) is 2.40. The Morgan fingerprint density at radius 3 is 2.94 bits per heavy atom. The topological polar surface area (TPSA) is 53.5 Å². The summed E-state index contributed by atoms with van der Waals surface area (Å²) >= 11 is 0. The minimum Gasteiger partial charge on any atom is -0.390 e. The molecule has 4 nitrogen and oxygen atoms in total. The molecule has 0 aliphatic carbocycles. The number of hydrogen-bond acceptors (Lipinski definition) is 4. The number of alkyl halides is 2. The average molecular weight is 238 g/mol. The molecule has 2 unspecified atom stereocenters. The Hall–Kier alpha value is -0.300. The van der Waals surface area contributed by atoms with Crippen molar-refractivity contribution in [3.63, 3.8) is 0 Å². The van der Waals surface area contributed by atoms with Crippen LogP contribution in [-0.2, 0) is 4.74 Å². The van der Waals surface area contributed by atoms with Crippen molar-refractivity contribution in [1.82, 2.24) is 10.6 Å². The number of morpholine rings is 1. The highest BCUT2D eigenvalue weighted by molar-refractivity contribution is 4.78. The van der Waals surface area contributed by atoms with Gasteiger partial charge in [0.15, 0.2) is 0 Å². The van der Waals surface area contributed by atoms with E-state index in [-0.39, 0.29) is 12.1 Å². The molecule has 0 aromatic rings. The van der Waals surface area contributed by atoms with E-state index < -0.39 is 19.1 Å². The first-order chi connectivity index (χ1) is 7.53. The fourth-order valence-corrected chi connectivity index (χ4v) is 1.66. The number of aliphatic hydroxyl groups is 1. The van der Waals surface area contributed by atoms with Crippen LogP contribution < -0.4 is 10.6 Å². The lowest BCUT2D eigenvalue weighted by Crippen LogP contribution is -2.47. The molecule has 1 saturated heterocycles. The second-order valence-electron chi connectivity index (χ2n) is 4.26. The standard InChI is InChI=1S/C10H20F2N2O2/c1-8(14-6-10(11,12)7-15)4-9-5-16-3-2-13-9/h8-9,13-15H,2-7H2,1H3. The van der Waals surface area contributed by atoms with Crippen LogP contribution in [0.5, 0.6) is 0 Å². The van der Waals surface area contributed by atoms with Gasteiger partial charge in [-0.3, -0.25) is 0 Å². The molecule has 16 heavy (non-hydrogen) atoms. The highest BCUT2D eigenvalue weighted by Gasteiger charge is 2.28. The van der Waals surface area contributed by atoms with Crippen molar-refractivity contribution in [2.24, 2.45) is 0 Å². The smallest absolute Gasteiger partial charge is 0.282 e. The molecular formula is C10H20F2N2O2. The van der Waals surface area contributed by atoms with E-state index >= 15 is 0 Å². The van der Waals surface area contributed by atoms with Gasteiger partial charge in [0.05, 0.1) is 19.8 Å². The van der Waals surface area contributed by atoms with Crippen molar-refractivity contribution in [2.75, 3.05) is 32.9 Å². The first-order valence-corrected chi connectivity index (χ1v) is 5.57. The summed E-state index contributed by atoms with van der Waals surface area (Å²) in [5, 5.41) is 14.4. The van der Waals surface area contributed by atoms with Crippen LogP contribution in [0, 0.1) is 0 Å². The van der Waals surface area contributed by atoms with Gasteiger partial charge in [-0.15, -0.1) is 0 Å². The maximum absolute atomic E-state index is 12.7. The maximum atomic E-state index is 12.7. The van der Waals surface area contributed by atoms with Crippen molar-refractivity contribution < 1.29 is 18.6 Å². The molecule has 0 spiro atoms. The summed E-state index contributed by atoms with van der Waals surface area (Å²) in [6.07, 6.45) is 0.738. The van der Waals surface area contributed by atoms with Crippen molar-refractivity contribution in [3.05, 3.63) is 0 Å². The van der Waals surface area contributed by atoms with Crippen molar-refractivity contribution in [1.29, 1.82) is 0 Å². The highest BCUT2D eigenvalue weighted by atomic mass is 19.3. The van der Waals surface area contributed by atoms with Gasteiger partial charge in [0, 0.05) is 18.6 Å². The van der Waals surface area contributed by atoms with E-state index in [1.54, 1.807) is 0 Å². The van der Waals surface area contributed by atoms with Gasteiger partial charge in [-0.05, 0) is 13.3 Å². The molecule has 1 aliphatic rings. The Morgan fingerprint density at radius 1 is 1.62 bits per heavy atom. The molecule has 96 valence electrons. The summed E-state index contributed by atoms with van der Waals surface area (Å²) in [5.41, 5.74) is 0. The van der Waals surface area contributed by atoms with E-state index in [2.05, 4.69) is 10.6 Å². The quantitative estimate of drug-likeness (QED) is 0.608. The van der Waals surface area contributed by atoms with Crippen molar-refractivity contribution in [3.8, 4) is 0 Å². The predicted octanol–water partition coefficient (Wildman–Crippen LogP) is -0.0294. The summed E-state index contributed by atoms with van der Waals surface area (Å²) in [4.78, 5) is 0. The molecule has 6 heteroatoms. The lowest BCUT2D eigenvalue weighted by atomic mass is 10.1. The van der Waals surface area contributed by atoms with Crippen LogP contribution in [-0.4, -0.2) is 56.0 Å². The number of hydrogen-bond donors (Lipinski definition) is 3. The zero-order valence-corrected chi connectivity index (χ0v) is 9.51. The summed E-state index contributed by atoms with van der Waals surface area (Å²) < 4.78 is 30.7. The van der Waals surface area contributed by atoms with Gasteiger partial charge in [0.2, 0.25) is 0 Å². The van der Waals surface area contributed by atoms with E-state index in [4.69, 9.17) is 9.84 Å². The van der Waals surface area contributed by atoms with E-state index in [0.29, 0.717) is 13.2 Å². The molecule has 0 amide bonds. The number of halogens is 2. The number of rotatable bonds is 6. The molecule has 0 aromatic carbocycles. The lowest BCUT2D eigenvalue weighted by Gasteiger charge is -2.27. The van der Waals surface area contributed by atoms with E-state index in [9.17, 15) is 8.78 Å². The number of ether oxygens (including phenoxy) is 1. The van der Waals surface area contributed by atoms with Crippen LogP contribution in [0.15, 0.2) is 0 Å². The van der Waals surface area contributed by atoms with Crippen LogP contribution in [0.4, 0.5) is 8.78 Å². The van der Waals surface area contributed by atoms with Gasteiger partial charge < -0.3 is 20.5 Å². The SMILES string of the molecule is CC(CC1COCCN1)NCC(F)(F)CO. The zero-order valence-electron chi connectivity index (χ0n) is 9.51. The Kier molecular flexibility index (Phi) is 5.54. The number of aliphatic hydroxyl groups excluding tert-OH is 1. The molecule has 1 rings (SSSR count). The largest absolute Gasteiger partial charge is 0.390 e. The molecular weight excluding hydrogens is 218 g/mol. The van der Waals surface area contributed by atoms with E-state index in [0.717, 1.165) is 13.0 Å². The Balaban J connectivity index is 2.17. The fraction of sp³-hybridized carbons (Fsp3) is 1.00. The van der Waals surface area contributed by atoms with Gasteiger partial charge in [-0.25, -0.2) is 8.78 Å². The molecule has 1 fully saturated rings. The molecule has 0 aromatic heterocycles.